The molecule has 0 saturated heterocycles. The molecule has 0 aliphatic rings. The number of carbonyl (C=O) groups is 1. The summed E-state index contributed by atoms with van der Waals surface area (Å²) in [6, 6.07) is 17.4. The summed E-state index contributed by atoms with van der Waals surface area (Å²) < 4.78 is 16.2. The van der Waals surface area contributed by atoms with Gasteiger partial charge in [0.15, 0.2) is 11.5 Å². The van der Waals surface area contributed by atoms with Crippen LogP contribution in [0.1, 0.15) is 10.4 Å². The molecule has 0 unspecified atom stereocenters. The Morgan fingerprint density at radius 2 is 1.68 bits per heavy atom. The number of benzene rings is 3. The first-order valence-electron chi connectivity index (χ1n) is 11.3. The van der Waals surface area contributed by atoms with Gasteiger partial charge in [-0.05, 0) is 30.3 Å². The molecule has 12 heteroatoms. The van der Waals surface area contributed by atoms with E-state index >= 15 is 0 Å². The molecule has 0 saturated carbocycles. The molecule has 0 spiro atoms. The number of carboxylic acid groups (broad SMARTS) is 1. The van der Waals surface area contributed by atoms with Crippen LogP contribution >= 0.6 is 0 Å². The van der Waals surface area contributed by atoms with Gasteiger partial charge in [0.25, 0.3) is 0 Å². The number of hydrogen-bond acceptors (Lipinski definition) is 10. The number of carboxylic acids is 1. The van der Waals surface area contributed by atoms with Crippen molar-refractivity contribution < 1.29 is 24.1 Å². The third kappa shape index (κ3) is 4.69. The number of aromatic nitrogens is 5. The summed E-state index contributed by atoms with van der Waals surface area (Å²) in [5.41, 5.74) is 2.71. The zero-order valence-corrected chi connectivity index (χ0v) is 20.7. The van der Waals surface area contributed by atoms with Crippen molar-refractivity contribution in [3.05, 3.63) is 72.6 Å². The molecule has 0 bridgehead atoms. The van der Waals surface area contributed by atoms with Crippen LogP contribution < -0.4 is 24.4 Å². The van der Waals surface area contributed by atoms with Gasteiger partial charge in [0.05, 0.1) is 43.6 Å². The van der Waals surface area contributed by atoms with E-state index in [1.807, 2.05) is 24.3 Å². The summed E-state index contributed by atoms with van der Waals surface area (Å²) >= 11 is 0. The fraction of sp³-hybridized carbons (Fsp3) is 0.115. The monoisotopic (exact) mass is 513 g/mol. The van der Waals surface area contributed by atoms with E-state index in [1.54, 1.807) is 29.2 Å². The second-order valence-electron chi connectivity index (χ2n) is 7.92. The number of fused-ring (bicyclic) bond motifs is 1. The van der Waals surface area contributed by atoms with Gasteiger partial charge in [-0.3, -0.25) is 0 Å². The molecule has 12 nitrogen and oxygen atoms in total. The largest absolute Gasteiger partial charge is 0.493 e. The van der Waals surface area contributed by atoms with Crippen molar-refractivity contribution in [2.75, 3.05) is 31.5 Å². The molecular formula is C26H23N7O5. The number of imidazole rings is 1. The maximum atomic E-state index is 11.7. The quantitative estimate of drug-likeness (QED) is 0.252. The van der Waals surface area contributed by atoms with E-state index in [4.69, 9.17) is 14.2 Å². The molecule has 0 fully saturated rings. The maximum Gasteiger partial charge on any atom is 0.335 e. The second kappa shape index (κ2) is 10.3. The highest BCUT2D eigenvalue weighted by molar-refractivity contribution is 5.90. The third-order valence-electron chi connectivity index (χ3n) is 5.62. The number of aromatic carboxylic acids is 1. The highest BCUT2D eigenvalue weighted by atomic mass is 16.5. The van der Waals surface area contributed by atoms with E-state index in [0.29, 0.717) is 34.6 Å². The van der Waals surface area contributed by atoms with Crippen LogP contribution in [0.2, 0.25) is 0 Å². The summed E-state index contributed by atoms with van der Waals surface area (Å²) in [7, 11) is 4.58. The number of nitrogens with one attached hydrogen (secondary N) is 2. The molecule has 2 aromatic heterocycles. The molecule has 38 heavy (non-hydrogen) atoms. The topological polar surface area (TPSA) is 148 Å². The Morgan fingerprint density at radius 3 is 2.37 bits per heavy atom. The number of nitrogens with zero attached hydrogens (tertiary/aromatic N) is 5. The number of hydrogen-bond donors (Lipinski definition) is 3. The lowest BCUT2D eigenvalue weighted by molar-refractivity contribution is 0.0697. The van der Waals surface area contributed by atoms with Crippen LogP contribution in [0.4, 0.5) is 29.2 Å². The Morgan fingerprint density at radius 1 is 0.921 bits per heavy atom. The summed E-state index contributed by atoms with van der Waals surface area (Å²) in [5, 5.41) is 12.7. The van der Waals surface area contributed by atoms with Crippen molar-refractivity contribution in [3.8, 4) is 17.2 Å². The van der Waals surface area contributed by atoms with Crippen molar-refractivity contribution in [3.63, 3.8) is 0 Å². The van der Waals surface area contributed by atoms with E-state index in [9.17, 15) is 9.90 Å². The lowest BCUT2D eigenvalue weighted by atomic mass is 10.2. The Labute approximate surface area is 216 Å². The van der Waals surface area contributed by atoms with E-state index in [1.165, 1.54) is 39.8 Å². The normalized spacial score (nSPS) is 10.7. The first-order chi connectivity index (χ1) is 18.5. The van der Waals surface area contributed by atoms with Gasteiger partial charge in [-0.25, -0.2) is 24.6 Å². The average Bonchev–Trinajstić information content (AvgIpc) is 3.36. The molecule has 0 aliphatic heterocycles. The number of para-hydroxylation sites is 2. The molecule has 2 heterocycles. The molecule has 5 aromatic rings. The van der Waals surface area contributed by atoms with Crippen LogP contribution in [-0.2, 0) is 0 Å². The molecule has 3 N–H and O–H groups in total. The van der Waals surface area contributed by atoms with E-state index in [-0.39, 0.29) is 17.5 Å². The van der Waals surface area contributed by atoms with E-state index in [2.05, 4.69) is 30.2 Å². The average molecular weight is 514 g/mol. The zero-order chi connectivity index (χ0) is 26.6. The predicted molar refractivity (Wildman–Crippen MR) is 141 cm³/mol. The number of methoxy groups -OCH3 is 3. The van der Waals surface area contributed by atoms with Gasteiger partial charge in [0.2, 0.25) is 23.6 Å². The van der Waals surface area contributed by atoms with Crippen LogP contribution in [0.25, 0.3) is 11.0 Å². The van der Waals surface area contributed by atoms with Gasteiger partial charge in [-0.1, -0.05) is 18.2 Å². The van der Waals surface area contributed by atoms with Crippen LogP contribution in [-0.4, -0.2) is 57.3 Å². The highest BCUT2D eigenvalue weighted by Gasteiger charge is 2.21. The van der Waals surface area contributed by atoms with Gasteiger partial charge in [-0.2, -0.15) is 4.98 Å². The molecular weight excluding hydrogens is 490 g/mol. The highest BCUT2D eigenvalue weighted by Crippen LogP contribution is 2.40. The van der Waals surface area contributed by atoms with Crippen LogP contribution in [0.5, 0.6) is 17.2 Å². The minimum Gasteiger partial charge on any atom is -0.493 e. The first-order valence-corrected chi connectivity index (χ1v) is 11.3. The lowest BCUT2D eigenvalue weighted by Gasteiger charge is -2.20. The van der Waals surface area contributed by atoms with Gasteiger partial charge in [0, 0.05) is 17.8 Å². The summed E-state index contributed by atoms with van der Waals surface area (Å²) in [6.45, 7) is 0. The summed E-state index contributed by atoms with van der Waals surface area (Å²) in [6.07, 6.45) is 1.35. The number of ether oxygens (including phenoxy) is 3. The van der Waals surface area contributed by atoms with Crippen molar-refractivity contribution in [2.24, 2.45) is 0 Å². The lowest BCUT2D eigenvalue weighted by Crippen LogP contribution is -2.16. The molecule has 3 aromatic carbocycles. The number of aromatic amines is 1. The maximum absolute atomic E-state index is 11.7. The van der Waals surface area contributed by atoms with Gasteiger partial charge >= 0.3 is 5.97 Å². The number of H-pyrrole nitrogens is 1. The van der Waals surface area contributed by atoms with Crippen LogP contribution in [0.15, 0.2) is 67.0 Å². The van der Waals surface area contributed by atoms with Crippen molar-refractivity contribution >= 4 is 46.2 Å². The van der Waals surface area contributed by atoms with Gasteiger partial charge < -0.3 is 29.6 Å². The molecule has 0 radical (unpaired) electrons. The fourth-order valence-electron chi connectivity index (χ4n) is 3.89. The van der Waals surface area contributed by atoms with Crippen LogP contribution in [0.3, 0.4) is 0 Å². The van der Waals surface area contributed by atoms with Crippen molar-refractivity contribution in [1.29, 1.82) is 0 Å². The molecule has 192 valence electrons. The third-order valence-corrected chi connectivity index (χ3v) is 5.62. The zero-order valence-electron chi connectivity index (χ0n) is 20.7. The predicted octanol–water partition coefficient (Wildman–Crippen LogP) is 4.69. The van der Waals surface area contributed by atoms with Gasteiger partial charge in [-0.15, -0.1) is 0 Å². The Bertz CT molecular complexity index is 1560. The van der Waals surface area contributed by atoms with Crippen LogP contribution in [0, 0.1) is 0 Å². The minimum atomic E-state index is -1.06. The molecule has 0 amide bonds. The number of rotatable bonds is 9. The fourth-order valence-corrected chi connectivity index (χ4v) is 3.89. The second-order valence-corrected chi connectivity index (χ2v) is 7.92. The number of anilines is 5. The smallest absolute Gasteiger partial charge is 0.335 e. The SMILES string of the molecule is COc1cc(Nc2ncnc(N(c3cccc(C(=O)O)c3)c3nc4ccccc4[nH]3)n2)cc(OC)c1OC. The minimum absolute atomic E-state index is 0.105. The standard InChI is InChI=1S/C26H23N7O5/c1-36-20-12-16(13-21(37-2)22(20)38-3)29-24-27-14-28-25(32-24)33(17-8-6-7-15(11-17)23(34)35)26-30-18-9-4-5-10-19(18)31-26/h4-14H,1-3H3,(H,30,31)(H,34,35)(H,27,28,29,32). The van der Waals surface area contributed by atoms with Crippen molar-refractivity contribution in [1.82, 2.24) is 24.9 Å². The van der Waals surface area contributed by atoms with Gasteiger partial charge in [0.1, 0.15) is 6.33 Å². The van der Waals surface area contributed by atoms with Crippen molar-refractivity contribution in [2.45, 2.75) is 0 Å². The Kier molecular flexibility index (Phi) is 6.59. The molecule has 0 aliphatic carbocycles. The Hall–Kier alpha value is -5.39. The summed E-state index contributed by atoms with van der Waals surface area (Å²) in [5.74, 6) is 1.13. The molecule has 5 rings (SSSR count). The Balaban J connectivity index is 1.58. The summed E-state index contributed by atoms with van der Waals surface area (Å²) in [4.78, 5) is 34.4. The van der Waals surface area contributed by atoms with E-state index in [0.717, 1.165) is 11.0 Å². The van der Waals surface area contributed by atoms with E-state index < -0.39 is 5.97 Å². The first kappa shape index (κ1) is 24.3. The molecule has 0 atom stereocenters.